The summed E-state index contributed by atoms with van der Waals surface area (Å²) in [5, 5.41) is 3.30. The minimum absolute atomic E-state index is 0.0625. The molecule has 1 aliphatic rings. The van der Waals surface area contributed by atoms with Crippen LogP contribution in [0.2, 0.25) is 0 Å². The number of nitrogens with one attached hydrogen (secondary N) is 1. The first kappa shape index (κ1) is 13.1. The number of hydrogen-bond acceptors (Lipinski definition) is 4. The summed E-state index contributed by atoms with van der Waals surface area (Å²) in [6.45, 7) is 3.85. The number of furan rings is 1. The molecule has 0 unspecified atom stereocenters. The van der Waals surface area contributed by atoms with E-state index in [1.54, 1.807) is 11.0 Å². The van der Waals surface area contributed by atoms with E-state index in [1.807, 2.05) is 26.1 Å². The molecule has 1 amide bonds. The summed E-state index contributed by atoms with van der Waals surface area (Å²) in [6.07, 6.45) is 1.97. The maximum Gasteiger partial charge on any atom is 0.289 e. The Balaban J connectivity index is 1.84. The Morgan fingerprint density at radius 2 is 2.15 bits per heavy atom. The predicted octanol–water partition coefficient (Wildman–Crippen LogP) is 1.96. The fourth-order valence-electron chi connectivity index (χ4n) is 2.66. The standard InChI is InChI=1S/C15H19N3O2/c1-10-3-4-13-12(17-10)9-14(20-13)15(19)18(2)11-5-7-16-8-6-11/h3-4,9,11,16H,5-8H2,1-2H3. The van der Waals surface area contributed by atoms with E-state index in [-0.39, 0.29) is 11.9 Å². The van der Waals surface area contributed by atoms with E-state index in [0.717, 1.165) is 37.1 Å². The van der Waals surface area contributed by atoms with Crippen molar-refractivity contribution in [2.24, 2.45) is 0 Å². The third-order valence-corrected chi connectivity index (χ3v) is 3.90. The molecule has 20 heavy (non-hydrogen) atoms. The Bertz CT molecular complexity index is 629. The van der Waals surface area contributed by atoms with Crippen molar-refractivity contribution < 1.29 is 9.21 Å². The molecule has 0 aromatic carbocycles. The highest BCUT2D eigenvalue weighted by Crippen LogP contribution is 2.20. The molecule has 5 heteroatoms. The Morgan fingerprint density at radius 1 is 1.40 bits per heavy atom. The number of rotatable bonds is 2. The van der Waals surface area contributed by atoms with Crippen LogP contribution in [-0.2, 0) is 0 Å². The van der Waals surface area contributed by atoms with Crippen LogP contribution in [0.5, 0.6) is 0 Å². The van der Waals surface area contributed by atoms with Crippen molar-refractivity contribution in [3.8, 4) is 0 Å². The van der Waals surface area contributed by atoms with Crippen molar-refractivity contribution in [3.63, 3.8) is 0 Å². The van der Waals surface area contributed by atoms with E-state index in [1.165, 1.54) is 0 Å². The number of aromatic nitrogens is 1. The van der Waals surface area contributed by atoms with Gasteiger partial charge in [0, 0.05) is 24.8 Å². The molecule has 0 bridgehead atoms. The van der Waals surface area contributed by atoms with Crippen molar-refractivity contribution in [1.82, 2.24) is 15.2 Å². The molecule has 0 spiro atoms. The van der Waals surface area contributed by atoms with Gasteiger partial charge in [-0.05, 0) is 45.0 Å². The minimum Gasteiger partial charge on any atom is -0.449 e. The molecule has 106 valence electrons. The maximum absolute atomic E-state index is 12.5. The highest BCUT2D eigenvalue weighted by atomic mass is 16.3. The normalized spacial score (nSPS) is 16.5. The number of nitrogens with zero attached hydrogens (tertiary/aromatic N) is 2. The van der Waals surface area contributed by atoms with Crippen LogP contribution in [0.15, 0.2) is 22.6 Å². The van der Waals surface area contributed by atoms with Crippen LogP contribution in [-0.4, -0.2) is 42.0 Å². The van der Waals surface area contributed by atoms with Crippen molar-refractivity contribution >= 4 is 17.0 Å². The number of hydrogen-bond donors (Lipinski definition) is 1. The summed E-state index contributed by atoms with van der Waals surface area (Å²) in [5.41, 5.74) is 2.33. The van der Waals surface area contributed by atoms with E-state index in [2.05, 4.69) is 10.3 Å². The molecular weight excluding hydrogens is 254 g/mol. The van der Waals surface area contributed by atoms with Crippen molar-refractivity contribution in [3.05, 3.63) is 29.7 Å². The largest absolute Gasteiger partial charge is 0.449 e. The molecule has 2 aromatic rings. The third kappa shape index (κ3) is 2.41. The number of fused-ring (bicyclic) bond motifs is 1. The molecule has 1 N–H and O–H groups in total. The topological polar surface area (TPSA) is 58.4 Å². The average molecular weight is 273 g/mol. The second-order valence-corrected chi connectivity index (χ2v) is 5.34. The number of carbonyl (C=O) groups is 1. The zero-order chi connectivity index (χ0) is 14.1. The van der Waals surface area contributed by atoms with Crippen LogP contribution in [0.1, 0.15) is 29.1 Å². The number of piperidine rings is 1. The first-order valence-electron chi connectivity index (χ1n) is 7.00. The quantitative estimate of drug-likeness (QED) is 0.908. The second-order valence-electron chi connectivity index (χ2n) is 5.34. The van der Waals surface area contributed by atoms with Crippen LogP contribution in [0.3, 0.4) is 0 Å². The zero-order valence-corrected chi connectivity index (χ0v) is 11.8. The Hall–Kier alpha value is -1.88. The highest BCUT2D eigenvalue weighted by molar-refractivity contribution is 5.95. The lowest BCUT2D eigenvalue weighted by molar-refractivity contribution is 0.0673. The summed E-state index contributed by atoms with van der Waals surface area (Å²) < 4.78 is 5.63. The lowest BCUT2D eigenvalue weighted by Crippen LogP contribution is -2.43. The monoisotopic (exact) mass is 273 g/mol. The fourth-order valence-corrected chi connectivity index (χ4v) is 2.66. The smallest absolute Gasteiger partial charge is 0.289 e. The van der Waals surface area contributed by atoms with E-state index < -0.39 is 0 Å². The lowest BCUT2D eigenvalue weighted by Gasteiger charge is -2.31. The van der Waals surface area contributed by atoms with Crippen molar-refractivity contribution in [1.29, 1.82) is 0 Å². The van der Waals surface area contributed by atoms with E-state index in [0.29, 0.717) is 11.3 Å². The van der Waals surface area contributed by atoms with Gasteiger partial charge < -0.3 is 14.6 Å². The first-order valence-corrected chi connectivity index (χ1v) is 7.00. The Labute approximate surface area is 118 Å². The van der Waals surface area contributed by atoms with Gasteiger partial charge in [-0.1, -0.05) is 0 Å². The molecular formula is C15H19N3O2. The van der Waals surface area contributed by atoms with Crippen LogP contribution in [0.25, 0.3) is 11.1 Å². The molecule has 1 aliphatic heterocycles. The highest BCUT2D eigenvalue weighted by Gasteiger charge is 2.25. The molecule has 0 radical (unpaired) electrons. The van der Waals surface area contributed by atoms with E-state index in [4.69, 9.17) is 4.42 Å². The number of pyridine rings is 1. The van der Waals surface area contributed by atoms with Gasteiger partial charge in [0.15, 0.2) is 11.3 Å². The molecule has 0 saturated carbocycles. The SMILES string of the molecule is Cc1ccc2oc(C(=O)N(C)C3CCNCC3)cc2n1. The molecule has 0 aliphatic carbocycles. The molecule has 1 fully saturated rings. The van der Waals surface area contributed by atoms with Gasteiger partial charge in [-0.15, -0.1) is 0 Å². The van der Waals surface area contributed by atoms with Gasteiger partial charge in [-0.3, -0.25) is 4.79 Å². The molecule has 2 aromatic heterocycles. The summed E-state index contributed by atoms with van der Waals surface area (Å²) in [4.78, 5) is 18.7. The van der Waals surface area contributed by atoms with Gasteiger partial charge in [0.25, 0.3) is 5.91 Å². The van der Waals surface area contributed by atoms with Crippen LogP contribution >= 0.6 is 0 Å². The Morgan fingerprint density at radius 3 is 2.90 bits per heavy atom. The van der Waals surface area contributed by atoms with Gasteiger partial charge in [0.05, 0.1) is 0 Å². The van der Waals surface area contributed by atoms with E-state index in [9.17, 15) is 4.79 Å². The van der Waals surface area contributed by atoms with Crippen LogP contribution in [0.4, 0.5) is 0 Å². The van der Waals surface area contributed by atoms with Crippen LogP contribution in [0, 0.1) is 6.92 Å². The van der Waals surface area contributed by atoms with Gasteiger partial charge >= 0.3 is 0 Å². The molecule has 3 rings (SSSR count). The summed E-state index contributed by atoms with van der Waals surface area (Å²) in [7, 11) is 1.85. The third-order valence-electron chi connectivity index (χ3n) is 3.90. The fraction of sp³-hybridized carbons (Fsp3) is 0.467. The lowest BCUT2D eigenvalue weighted by atomic mass is 10.1. The van der Waals surface area contributed by atoms with Gasteiger partial charge in [0.2, 0.25) is 0 Å². The summed E-state index contributed by atoms with van der Waals surface area (Å²) in [5.74, 6) is 0.312. The maximum atomic E-state index is 12.5. The first-order chi connectivity index (χ1) is 9.65. The van der Waals surface area contributed by atoms with Crippen molar-refractivity contribution in [2.75, 3.05) is 20.1 Å². The Kier molecular flexibility index (Phi) is 3.44. The van der Waals surface area contributed by atoms with Gasteiger partial charge in [-0.25, -0.2) is 4.98 Å². The van der Waals surface area contributed by atoms with E-state index >= 15 is 0 Å². The van der Waals surface area contributed by atoms with Crippen LogP contribution < -0.4 is 5.32 Å². The minimum atomic E-state index is -0.0625. The summed E-state index contributed by atoms with van der Waals surface area (Å²) >= 11 is 0. The number of carbonyl (C=O) groups excluding carboxylic acids is 1. The molecule has 0 atom stereocenters. The second kappa shape index (κ2) is 5.25. The average Bonchev–Trinajstić information content (AvgIpc) is 2.89. The predicted molar refractivity (Wildman–Crippen MR) is 76.7 cm³/mol. The van der Waals surface area contributed by atoms with Crippen molar-refractivity contribution in [2.45, 2.75) is 25.8 Å². The van der Waals surface area contributed by atoms with Gasteiger partial charge in [0.1, 0.15) is 5.52 Å². The number of aryl methyl sites for hydroxylation is 1. The number of amides is 1. The summed E-state index contributed by atoms with van der Waals surface area (Å²) in [6, 6.07) is 5.77. The molecule has 5 nitrogen and oxygen atoms in total. The molecule has 3 heterocycles. The zero-order valence-electron chi connectivity index (χ0n) is 11.8. The van der Waals surface area contributed by atoms with Gasteiger partial charge in [-0.2, -0.15) is 0 Å². The molecule has 1 saturated heterocycles.